The minimum atomic E-state index is -3.56. The zero-order valence-electron chi connectivity index (χ0n) is 18.3. The Morgan fingerprint density at radius 3 is 2.53 bits per heavy atom. The third kappa shape index (κ3) is 4.86. The van der Waals surface area contributed by atoms with E-state index in [0.717, 1.165) is 30.4 Å². The van der Waals surface area contributed by atoms with Crippen LogP contribution in [0.3, 0.4) is 0 Å². The maximum atomic E-state index is 13.1. The van der Waals surface area contributed by atoms with Gasteiger partial charge in [-0.3, -0.25) is 9.59 Å². The second kappa shape index (κ2) is 9.42. The molecule has 2 aliphatic heterocycles. The first kappa shape index (κ1) is 22.5. The Kier molecular flexibility index (Phi) is 6.62. The van der Waals surface area contributed by atoms with Crippen molar-refractivity contribution in [3.05, 3.63) is 53.6 Å². The Morgan fingerprint density at radius 2 is 1.78 bits per heavy atom. The molecule has 0 bridgehead atoms. The van der Waals surface area contributed by atoms with Gasteiger partial charge in [0.15, 0.2) is 0 Å². The molecule has 0 aliphatic carbocycles. The van der Waals surface area contributed by atoms with Gasteiger partial charge in [0.2, 0.25) is 21.8 Å². The number of anilines is 2. The van der Waals surface area contributed by atoms with E-state index in [1.807, 2.05) is 25.1 Å². The number of carbonyl (C=O) groups is 2. The van der Waals surface area contributed by atoms with E-state index < -0.39 is 10.0 Å². The van der Waals surface area contributed by atoms with Crippen molar-refractivity contribution in [3.8, 4) is 0 Å². The Balaban J connectivity index is 1.57. The molecule has 0 unspecified atom stereocenters. The van der Waals surface area contributed by atoms with E-state index in [0.29, 0.717) is 43.7 Å². The number of sulfonamides is 1. The normalized spacial score (nSPS) is 17.5. The van der Waals surface area contributed by atoms with Crippen molar-refractivity contribution in [2.24, 2.45) is 0 Å². The lowest BCUT2D eigenvalue weighted by Crippen LogP contribution is -2.38. The first-order valence-corrected chi connectivity index (χ1v) is 12.6. The monoisotopic (exact) mass is 455 g/mol. The largest absolute Gasteiger partial charge is 0.325 e. The van der Waals surface area contributed by atoms with Crippen molar-refractivity contribution in [2.75, 3.05) is 29.9 Å². The van der Waals surface area contributed by atoms with Gasteiger partial charge in [-0.2, -0.15) is 4.31 Å². The first-order valence-electron chi connectivity index (χ1n) is 11.1. The number of carbonyl (C=O) groups excluding carboxylic acids is 2. The highest BCUT2D eigenvalue weighted by molar-refractivity contribution is 7.89. The summed E-state index contributed by atoms with van der Waals surface area (Å²) in [6.07, 6.45) is 4.35. The van der Waals surface area contributed by atoms with Crippen LogP contribution in [0.4, 0.5) is 11.4 Å². The molecule has 4 rings (SSSR count). The smallest absolute Gasteiger partial charge is 0.244 e. The summed E-state index contributed by atoms with van der Waals surface area (Å²) in [6, 6.07) is 12.4. The summed E-state index contributed by atoms with van der Waals surface area (Å²) in [6.45, 7) is 2.92. The van der Waals surface area contributed by atoms with Crippen molar-refractivity contribution >= 4 is 33.2 Å². The number of benzene rings is 2. The van der Waals surface area contributed by atoms with Crippen LogP contribution in [0.1, 0.15) is 43.2 Å². The number of nitrogens with one attached hydrogen (secondary N) is 1. The first-order chi connectivity index (χ1) is 15.3. The highest BCUT2D eigenvalue weighted by Crippen LogP contribution is 2.31. The summed E-state index contributed by atoms with van der Waals surface area (Å²) < 4.78 is 27.7. The molecule has 1 fully saturated rings. The van der Waals surface area contributed by atoms with E-state index >= 15 is 0 Å². The van der Waals surface area contributed by atoms with Gasteiger partial charge in [0.25, 0.3) is 0 Å². The fraction of sp³-hybridized carbons (Fsp3) is 0.417. The van der Waals surface area contributed by atoms with Gasteiger partial charge in [0.05, 0.1) is 4.90 Å². The summed E-state index contributed by atoms with van der Waals surface area (Å²) in [5.74, 6) is -0.420. The highest BCUT2D eigenvalue weighted by atomic mass is 32.2. The maximum absolute atomic E-state index is 13.1. The summed E-state index contributed by atoms with van der Waals surface area (Å²) in [5.41, 5.74) is 3.11. The second-order valence-corrected chi connectivity index (χ2v) is 10.4. The fourth-order valence-electron chi connectivity index (χ4n) is 4.38. The topological polar surface area (TPSA) is 86.8 Å². The predicted molar refractivity (Wildman–Crippen MR) is 124 cm³/mol. The molecule has 0 atom stereocenters. The molecule has 1 N–H and O–H groups in total. The van der Waals surface area contributed by atoms with Crippen molar-refractivity contribution in [1.82, 2.24) is 4.31 Å². The van der Waals surface area contributed by atoms with Crippen LogP contribution >= 0.6 is 0 Å². The molecule has 0 saturated carbocycles. The molecule has 8 heteroatoms. The molecule has 2 aromatic rings. The van der Waals surface area contributed by atoms with Gasteiger partial charge in [-0.05, 0) is 74.1 Å². The number of fused-ring (bicyclic) bond motifs is 1. The lowest BCUT2D eigenvalue weighted by atomic mass is 10.1. The van der Waals surface area contributed by atoms with E-state index in [2.05, 4.69) is 5.32 Å². The van der Waals surface area contributed by atoms with Gasteiger partial charge in [0.1, 0.15) is 6.54 Å². The van der Waals surface area contributed by atoms with Crippen molar-refractivity contribution in [2.45, 2.75) is 50.3 Å². The molecule has 170 valence electrons. The van der Waals surface area contributed by atoms with E-state index in [-0.39, 0.29) is 23.3 Å². The van der Waals surface area contributed by atoms with Crippen LogP contribution in [0.2, 0.25) is 0 Å². The van der Waals surface area contributed by atoms with Gasteiger partial charge in [-0.25, -0.2) is 8.42 Å². The average molecular weight is 456 g/mol. The van der Waals surface area contributed by atoms with Gasteiger partial charge < -0.3 is 10.2 Å². The predicted octanol–water partition coefficient (Wildman–Crippen LogP) is 3.48. The van der Waals surface area contributed by atoms with Gasteiger partial charge >= 0.3 is 0 Å². The summed E-state index contributed by atoms with van der Waals surface area (Å²) in [7, 11) is -3.56. The Labute approximate surface area is 189 Å². The molecule has 32 heavy (non-hydrogen) atoms. The van der Waals surface area contributed by atoms with Crippen LogP contribution in [0.15, 0.2) is 47.4 Å². The minimum Gasteiger partial charge on any atom is -0.325 e. The molecule has 0 radical (unpaired) electrons. The van der Waals surface area contributed by atoms with Crippen LogP contribution in [0.25, 0.3) is 0 Å². The number of amides is 2. The van der Waals surface area contributed by atoms with E-state index in [4.69, 9.17) is 0 Å². The van der Waals surface area contributed by atoms with E-state index in [9.17, 15) is 18.0 Å². The summed E-state index contributed by atoms with van der Waals surface area (Å²) >= 11 is 0. The molecule has 0 spiro atoms. The number of piperidine rings is 1. The third-order valence-corrected chi connectivity index (χ3v) is 7.93. The Morgan fingerprint density at radius 1 is 1.00 bits per heavy atom. The molecule has 2 aliphatic rings. The molecule has 2 heterocycles. The standard InChI is InChI=1S/C24H29N3O4S/c1-18-7-5-9-20(15-18)25-23(28)17-27-22-12-11-21(16-19(22)8-6-10-24(27)29)32(30,31)26-13-3-2-4-14-26/h5,7,9,11-12,15-16H,2-4,6,8,10,13-14,17H2,1H3,(H,25,28). The van der Waals surface area contributed by atoms with Gasteiger partial charge in [-0.15, -0.1) is 0 Å². The van der Waals surface area contributed by atoms with Crippen LogP contribution in [0.5, 0.6) is 0 Å². The molecular formula is C24H29N3O4S. The number of nitrogens with zero attached hydrogens (tertiary/aromatic N) is 2. The Hall–Kier alpha value is -2.71. The lowest BCUT2D eigenvalue weighted by Gasteiger charge is -2.27. The number of aryl methyl sites for hydroxylation is 2. The lowest BCUT2D eigenvalue weighted by molar-refractivity contribution is -0.121. The van der Waals surface area contributed by atoms with Crippen molar-refractivity contribution < 1.29 is 18.0 Å². The molecule has 2 aromatic carbocycles. The zero-order valence-corrected chi connectivity index (χ0v) is 19.2. The molecule has 1 saturated heterocycles. The fourth-order valence-corrected chi connectivity index (χ4v) is 5.95. The van der Waals surface area contributed by atoms with Crippen LogP contribution in [-0.2, 0) is 26.0 Å². The van der Waals surface area contributed by atoms with Crippen molar-refractivity contribution in [1.29, 1.82) is 0 Å². The summed E-state index contributed by atoms with van der Waals surface area (Å²) in [4.78, 5) is 27.2. The van der Waals surface area contributed by atoms with E-state index in [1.165, 1.54) is 4.90 Å². The van der Waals surface area contributed by atoms with Gasteiger partial charge in [-0.1, -0.05) is 18.6 Å². The number of hydrogen-bond acceptors (Lipinski definition) is 4. The van der Waals surface area contributed by atoms with Crippen LogP contribution in [0, 0.1) is 6.92 Å². The third-order valence-electron chi connectivity index (χ3n) is 6.04. The number of rotatable bonds is 5. The molecule has 2 amide bonds. The second-order valence-electron chi connectivity index (χ2n) is 8.51. The number of hydrogen-bond donors (Lipinski definition) is 1. The highest BCUT2D eigenvalue weighted by Gasteiger charge is 2.29. The molecule has 7 nitrogen and oxygen atoms in total. The van der Waals surface area contributed by atoms with Crippen LogP contribution < -0.4 is 10.2 Å². The average Bonchev–Trinajstić information content (AvgIpc) is 2.92. The van der Waals surface area contributed by atoms with Crippen molar-refractivity contribution in [3.63, 3.8) is 0 Å². The maximum Gasteiger partial charge on any atom is 0.244 e. The molecule has 0 aromatic heterocycles. The van der Waals surface area contributed by atoms with Crippen LogP contribution in [-0.4, -0.2) is 44.2 Å². The zero-order chi connectivity index (χ0) is 22.7. The SMILES string of the molecule is Cc1cccc(NC(=O)CN2C(=O)CCCc3cc(S(=O)(=O)N4CCCCC4)ccc32)c1. The quantitative estimate of drug-likeness (QED) is 0.748. The van der Waals surface area contributed by atoms with Gasteiger partial charge in [0, 0.05) is 30.9 Å². The molecular weight excluding hydrogens is 426 g/mol. The van der Waals surface area contributed by atoms with E-state index in [1.54, 1.807) is 28.6 Å². The Bertz CT molecular complexity index is 1120. The minimum absolute atomic E-state index is 0.113. The summed E-state index contributed by atoms with van der Waals surface area (Å²) in [5, 5.41) is 2.85.